The standard InChI is InChI=1S/C21H25ClN2O/c1-15-4-3-11-24(13-15)14-17-6-8-18(9-7-17)21(25)23-20-12-19(22)10-5-16(20)2/h5-10,12,15H,3-4,11,13-14H2,1-2H3,(H,23,25)/t15-/m1/s1. The third-order valence-corrected chi connectivity index (χ3v) is 5.05. The number of hydrogen-bond acceptors (Lipinski definition) is 2. The summed E-state index contributed by atoms with van der Waals surface area (Å²) in [6.07, 6.45) is 2.61. The van der Waals surface area contributed by atoms with Gasteiger partial charge in [-0.2, -0.15) is 0 Å². The maximum atomic E-state index is 12.5. The van der Waals surface area contributed by atoms with Gasteiger partial charge in [0, 0.05) is 29.4 Å². The van der Waals surface area contributed by atoms with Crippen molar-refractivity contribution < 1.29 is 4.79 Å². The van der Waals surface area contributed by atoms with Crippen LogP contribution < -0.4 is 5.32 Å². The van der Waals surface area contributed by atoms with Gasteiger partial charge in [0.1, 0.15) is 0 Å². The van der Waals surface area contributed by atoms with Gasteiger partial charge in [-0.3, -0.25) is 9.69 Å². The predicted molar refractivity (Wildman–Crippen MR) is 104 cm³/mol. The minimum Gasteiger partial charge on any atom is -0.322 e. The summed E-state index contributed by atoms with van der Waals surface area (Å²) in [5.41, 5.74) is 3.66. The second-order valence-electron chi connectivity index (χ2n) is 7.09. The zero-order valence-corrected chi connectivity index (χ0v) is 15.6. The first-order valence-electron chi connectivity index (χ1n) is 8.90. The molecule has 1 atom stereocenters. The lowest BCUT2D eigenvalue weighted by atomic mass is 9.99. The predicted octanol–water partition coefficient (Wildman–Crippen LogP) is 5.13. The Balaban J connectivity index is 1.63. The van der Waals surface area contributed by atoms with Gasteiger partial charge >= 0.3 is 0 Å². The number of nitrogens with one attached hydrogen (secondary N) is 1. The van der Waals surface area contributed by atoms with E-state index in [0.717, 1.165) is 30.3 Å². The van der Waals surface area contributed by atoms with Gasteiger partial charge in [-0.05, 0) is 67.6 Å². The fourth-order valence-corrected chi connectivity index (χ4v) is 3.55. The molecule has 0 saturated carbocycles. The number of nitrogens with zero attached hydrogens (tertiary/aromatic N) is 1. The Morgan fingerprint density at radius 1 is 1.24 bits per heavy atom. The molecule has 2 aromatic carbocycles. The molecule has 1 saturated heterocycles. The van der Waals surface area contributed by atoms with E-state index in [0.29, 0.717) is 10.6 Å². The maximum absolute atomic E-state index is 12.5. The summed E-state index contributed by atoms with van der Waals surface area (Å²) in [5, 5.41) is 3.56. The molecule has 1 heterocycles. The number of hydrogen-bond donors (Lipinski definition) is 1. The van der Waals surface area contributed by atoms with Crippen LogP contribution in [0.15, 0.2) is 42.5 Å². The van der Waals surface area contributed by atoms with Crippen molar-refractivity contribution in [1.29, 1.82) is 0 Å². The minimum absolute atomic E-state index is 0.108. The van der Waals surface area contributed by atoms with Gasteiger partial charge in [0.15, 0.2) is 0 Å². The number of aryl methyl sites for hydroxylation is 1. The first-order valence-corrected chi connectivity index (χ1v) is 9.28. The lowest BCUT2D eigenvalue weighted by molar-refractivity contribution is 0.102. The Labute approximate surface area is 155 Å². The largest absolute Gasteiger partial charge is 0.322 e. The molecule has 132 valence electrons. The highest BCUT2D eigenvalue weighted by molar-refractivity contribution is 6.31. The zero-order chi connectivity index (χ0) is 17.8. The topological polar surface area (TPSA) is 32.3 Å². The van der Waals surface area contributed by atoms with Gasteiger partial charge in [0.2, 0.25) is 0 Å². The lowest BCUT2D eigenvalue weighted by Gasteiger charge is -2.30. The molecule has 0 aliphatic carbocycles. The first kappa shape index (κ1) is 18.0. The normalized spacial score (nSPS) is 18.1. The molecule has 4 heteroatoms. The van der Waals surface area contributed by atoms with Gasteiger partial charge in [-0.1, -0.05) is 36.7 Å². The smallest absolute Gasteiger partial charge is 0.255 e. The number of likely N-dealkylation sites (tertiary alicyclic amines) is 1. The number of amides is 1. The number of rotatable bonds is 4. The van der Waals surface area contributed by atoms with Crippen molar-refractivity contribution in [2.75, 3.05) is 18.4 Å². The average Bonchev–Trinajstić information content (AvgIpc) is 2.59. The lowest BCUT2D eigenvalue weighted by Crippen LogP contribution is -2.33. The summed E-state index contributed by atoms with van der Waals surface area (Å²) < 4.78 is 0. The van der Waals surface area contributed by atoms with Gasteiger partial charge in [0.25, 0.3) is 5.91 Å². The van der Waals surface area contributed by atoms with E-state index in [1.54, 1.807) is 6.07 Å². The van der Waals surface area contributed by atoms with E-state index in [1.165, 1.54) is 24.9 Å². The van der Waals surface area contributed by atoms with Crippen molar-refractivity contribution in [2.45, 2.75) is 33.2 Å². The molecule has 0 spiro atoms. The highest BCUT2D eigenvalue weighted by Crippen LogP contribution is 2.21. The Kier molecular flexibility index (Phi) is 5.77. The van der Waals surface area contributed by atoms with Gasteiger partial charge in [-0.15, -0.1) is 0 Å². The summed E-state index contributed by atoms with van der Waals surface area (Å²) in [6.45, 7) is 7.56. The second kappa shape index (κ2) is 8.03. The number of carbonyl (C=O) groups excluding carboxylic acids is 1. The van der Waals surface area contributed by atoms with E-state index in [1.807, 2.05) is 31.2 Å². The van der Waals surface area contributed by atoms with E-state index in [2.05, 4.69) is 29.3 Å². The van der Waals surface area contributed by atoms with Gasteiger partial charge in [0.05, 0.1) is 0 Å². The molecule has 2 aromatic rings. The second-order valence-corrected chi connectivity index (χ2v) is 7.53. The van der Waals surface area contributed by atoms with Crippen LogP contribution in [-0.4, -0.2) is 23.9 Å². The van der Waals surface area contributed by atoms with E-state index in [-0.39, 0.29) is 5.91 Å². The highest BCUT2D eigenvalue weighted by Gasteiger charge is 2.16. The van der Waals surface area contributed by atoms with E-state index < -0.39 is 0 Å². The summed E-state index contributed by atoms with van der Waals surface area (Å²) in [5.74, 6) is 0.670. The molecule has 1 N–H and O–H groups in total. The molecule has 1 fully saturated rings. The number of anilines is 1. The molecule has 0 aromatic heterocycles. The number of halogens is 1. The quantitative estimate of drug-likeness (QED) is 0.823. The Morgan fingerprint density at radius 2 is 2.00 bits per heavy atom. The van der Waals surface area contributed by atoms with E-state index in [4.69, 9.17) is 11.6 Å². The Morgan fingerprint density at radius 3 is 2.72 bits per heavy atom. The Bertz CT molecular complexity index is 742. The van der Waals surface area contributed by atoms with Crippen molar-refractivity contribution >= 4 is 23.2 Å². The number of piperidine rings is 1. The van der Waals surface area contributed by atoms with Crippen LogP contribution in [0, 0.1) is 12.8 Å². The minimum atomic E-state index is -0.108. The number of carbonyl (C=O) groups is 1. The van der Waals surface area contributed by atoms with Crippen molar-refractivity contribution in [3.8, 4) is 0 Å². The molecule has 0 unspecified atom stereocenters. The van der Waals surface area contributed by atoms with Crippen LogP contribution in [0.5, 0.6) is 0 Å². The van der Waals surface area contributed by atoms with Crippen molar-refractivity contribution in [2.24, 2.45) is 5.92 Å². The first-order chi connectivity index (χ1) is 12.0. The number of benzene rings is 2. The van der Waals surface area contributed by atoms with Crippen LogP contribution in [-0.2, 0) is 6.54 Å². The van der Waals surface area contributed by atoms with Crippen molar-refractivity contribution in [3.63, 3.8) is 0 Å². The van der Waals surface area contributed by atoms with Crippen LogP contribution in [0.2, 0.25) is 5.02 Å². The van der Waals surface area contributed by atoms with Crippen LogP contribution in [0.3, 0.4) is 0 Å². The summed E-state index contributed by atoms with van der Waals surface area (Å²) in [6, 6.07) is 13.4. The van der Waals surface area contributed by atoms with Crippen LogP contribution in [0.25, 0.3) is 0 Å². The van der Waals surface area contributed by atoms with Crippen molar-refractivity contribution in [3.05, 3.63) is 64.2 Å². The molecular formula is C21H25ClN2O. The van der Waals surface area contributed by atoms with Gasteiger partial charge < -0.3 is 5.32 Å². The third kappa shape index (κ3) is 4.83. The van der Waals surface area contributed by atoms with Crippen LogP contribution in [0.4, 0.5) is 5.69 Å². The fraction of sp³-hybridized carbons (Fsp3) is 0.381. The molecule has 1 amide bonds. The summed E-state index contributed by atoms with van der Waals surface area (Å²) in [4.78, 5) is 15.0. The van der Waals surface area contributed by atoms with Crippen molar-refractivity contribution in [1.82, 2.24) is 4.90 Å². The van der Waals surface area contributed by atoms with E-state index >= 15 is 0 Å². The summed E-state index contributed by atoms with van der Waals surface area (Å²) in [7, 11) is 0. The summed E-state index contributed by atoms with van der Waals surface area (Å²) >= 11 is 6.01. The molecular weight excluding hydrogens is 332 g/mol. The molecule has 1 aliphatic rings. The van der Waals surface area contributed by atoms with Crippen LogP contribution >= 0.6 is 11.6 Å². The zero-order valence-electron chi connectivity index (χ0n) is 14.9. The van der Waals surface area contributed by atoms with E-state index in [9.17, 15) is 4.79 Å². The van der Waals surface area contributed by atoms with Crippen LogP contribution in [0.1, 0.15) is 41.3 Å². The molecule has 1 aliphatic heterocycles. The SMILES string of the molecule is Cc1ccc(Cl)cc1NC(=O)c1ccc(CN2CCC[C@@H](C)C2)cc1. The maximum Gasteiger partial charge on any atom is 0.255 e. The molecule has 0 radical (unpaired) electrons. The molecule has 3 rings (SSSR count). The van der Waals surface area contributed by atoms with Gasteiger partial charge in [-0.25, -0.2) is 0 Å². The monoisotopic (exact) mass is 356 g/mol. The molecule has 3 nitrogen and oxygen atoms in total. The average molecular weight is 357 g/mol. The molecule has 0 bridgehead atoms. The highest BCUT2D eigenvalue weighted by atomic mass is 35.5. The third-order valence-electron chi connectivity index (χ3n) is 4.81. The molecule has 25 heavy (non-hydrogen) atoms. The fourth-order valence-electron chi connectivity index (χ4n) is 3.37. The Hall–Kier alpha value is -1.84.